The maximum absolute atomic E-state index is 9.75. The van der Waals surface area contributed by atoms with Crippen LogP contribution < -0.4 is 0 Å². The lowest BCUT2D eigenvalue weighted by Gasteiger charge is -2.25. The van der Waals surface area contributed by atoms with Crippen molar-refractivity contribution in [3.05, 3.63) is 0 Å². The van der Waals surface area contributed by atoms with E-state index >= 15 is 0 Å². The van der Waals surface area contributed by atoms with Gasteiger partial charge >= 0.3 is 7.25 Å². The summed E-state index contributed by atoms with van der Waals surface area (Å²) >= 11 is 0. The molecule has 6 heteroatoms. The maximum atomic E-state index is 9.75. The Balaban J connectivity index is 0. The van der Waals surface area contributed by atoms with Gasteiger partial charge in [0.15, 0.2) is 0 Å². The molecule has 0 aliphatic carbocycles. The molecule has 16 heavy (non-hydrogen) atoms. The lowest BCUT2D eigenvalue weighted by Crippen LogP contribution is -2.11. The first-order chi connectivity index (χ1) is 7.10. The highest BCUT2D eigenvalue weighted by molar-refractivity contribution is 7.75. The molecule has 0 bridgehead atoms. The molecule has 0 aliphatic rings. The van der Waals surface area contributed by atoms with Crippen molar-refractivity contribution in [1.29, 1.82) is 0 Å². The van der Waals surface area contributed by atoms with Crippen molar-refractivity contribution in [2.75, 3.05) is 24.6 Å². The van der Waals surface area contributed by atoms with Crippen LogP contribution in [0.3, 0.4) is 0 Å². The fourth-order valence-corrected chi connectivity index (χ4v) is 5.50. The molecule has 0 aliphatic heterocycles. The molecular weight excluding hydrogens is 238 g/mol. The lowest BCUT2D eigenvalue weighted by molar-refractivity contribution is 0.368. The Morgan fingerprint density at radius 1 is 0.875 bits per heavy atom. The average molecular weight is 262 g/mol. The van der Waals surface area contributed by atoms with Gasteiger partial charge in [-0.1, -0.05) is 13.8 Å². The van der Waals surface area contributed by atoms with E-state index in [4.69, 9.17) is 0 Å². The molecule has 0 aromatic carbocycles. The van der Waals surface area contributed by atoms with E-state index in [1.807, 2.05) is 0 Å². The number of hydrogen-bond acceptors (Lipinski definition) is 0. The molecule has 0 amide bonds. The fraction of sp³-hybridized carbons (Fsp3) is 1.00. The third kappa shape index (κ3) is 12.3. The molecule has 0 rings (SSSR count). The van der Waals surface area contributed by atoms with Gasteiger partial charge in [0.2, 0.25) is 0 Å². The zero-order valence-electron chi connectivity index (χ0n) is 10.9. The third-order valence-electron chi connectivity index (χ3n) is 2.76. The first-order valence-electron chi connectivity index (χ1n) is 5.82. The predicted octanol–water partition coefficient (Wildman–Crippen LogP) is 5.02. The molecule has 0 aromatic rings. The van der Waals surface area contributed by atoms with Gasteiger partial charge in [-0.15, -0.1) is 0 Å². The second-order valence-corrected chi connectivity index (χ2v) is 9.31. The van der Waals surface area contributed by atoms with E-state index in [9.17, 15) is 17.3 Å². The highest BCUT2D eigenvalue weighted by Gasteiger charge is 2.31. The van der Waals surface area contributed by atoms with E-state index in [1.54, 1.807) is 0 Å². The van der Waals surface area contributed by atoms with Crippen molar-refractivity contribution in [1.82, 2.24) is 0 Å². The molecule has 0 atom stereocenters. The number of halogens is 4. The Morgan fingerprint density at radius 3 is 1.19 bits per heavy atom. The van der Waals surface area contributed by atoms with Gasteiger partial charge in [-0.25, -0.2) is 0 Å². The quantitative estimate of drug-likeness (QED) is 0.370. The van der Waals surface area contributed by atoms with Crippen LogP contribution in [0.2, 0.25) is 0 Å². The summed E-state index contributed by atoms with van der Waals surface area (Å²) in [4.78, 5) is 0. The second kappa shape index (κ2) is 8.33. The molecule has 0 saturated heterocycles. The van der Waals surface area contributed by atoms with Gasteiger partial charge in [0, 0.05) is 7.26 Å². The molecule has 0 radical (unpaired) electrons. The van der Waals surface area contributed by atoms with Gasteiger partial charge in [-0.2, -0.15) is 0 Å². The minimum absolute atomic E-state index is 0.495. The second-order valence-electron chi connectivity index (χ2n) is 4.36. The molecule has 0 fully saturated rings. The summed E-state index contributed by atoms with van der Waals surface area (Å²) in [7, 11) is -6.49. The summed E-state index contributed by atoms with van der Waals surface area (Å²) in [6, 6.07) is 0. The zero-order chi connectivity index (χ0) is 13.4. The molecule has 0 saturated carbocycles. The van der Waals surface area contributed by atoms with Crippen LogP contribution in [0.15, 0.2) is 0 Å². The Hall–Kier alpha value is 0.215. The Morgan fingerprint density at radius 2 is 1.12 bits per heavy atom. The van der Waals surface area contributed by atoms with Gasteiger partial charge in [-0.05, 0) is 26.7 Å². The van der Waals surface area contributed by atoms with Crippen LogP contribution in [0.4, 0.5) is 17.3 Å². The SMILES string of the molecule is CC[P+](CC)(CC)CC(C)C.F[B-](F)(F)F. The Kier molecular flexibility index (Phi) is 9.67. The number of rotatable bonds is 5. The molecule has 0 unspecified atom stereocenters. The van der Waals surface area contributed by atoms with Crippen LogP contribution in [-0.2, 0) is 0 Å². The molecular formula is C10H24BF4P. The summed E-state index contributed by atoms with van der Waals surface area (Å²) < 4.78 is 39.0. The van der Waals surface area contributed by atoms with Gasteiger partial charge in [0.1, 0.15) is 0 Å². The van der Waals surface area contributed by atoms with Crippen LogP contribution in [0, 0.1) is 5.92 Å². The Bertz CT molecular complexity index is 152. The van der Waals surface area contributed by atoms with Crippen molar-refractivity contribution >= 4 is 14.5 Å². The van der Waals surface area contributed by atoms with Crippen molar-refractivity contribution in [2.24, 2.45) is 5.92 Å². The first kappa shape index (κ1) is 18.6. The van der Waals surface area contributed by atoms with Crippen LogP contribution >= 0.6 is 7.26 Å². The molecule has 0 spiro atoms. The smallest absolute Gasteiger partial charge is 0.418 e. The monoisotopic (exact) mass is 262 g/mol. The van der Waals surface area contributed by atoms with E-state index in [1.165, 1.54) is 24.6 Å². The third-order valence-corrected chi connectivity index (χ3v) is 8.29. The van der Waals surface area contributed by atoms with Crippen molar-refractivity contribution < 1.29 is 17.3 Å². The minimum Gasteiger partial charge on any atom is -0.418 e. The van der Waals surface area contributed by atoms with E-state index in [0.29, 0.717) is 0 Å². The summed E-state index contributed by atoms with van der Waals surface area (Å²) in [6.45, 7) is 11.8. The number of hydrogen-bond donors (Lipinski definition) is 0. The highest BCUT2D eigenvalue weighted by atomic mass is 31.2. The van der Waals surface area contributed by atoms with Crippen molar-refractivity contribution in [3.8, 4) is 0 Å². The lowest BCUT2D eigenvalue weighted by atomic mass is 10.3. The van der Waals surface area contributed by atoms with E-state index in [-0.39, 0.29) is 0 Å². The van der Waals surface area contributed by atoms with Gasteiger partial charge in [-0.3, -0.25) is 0 Å². The predicted molar refractivity (Wildman–Crippen MR) is 68.4 cm³/mol. The maximum Gasteiger partial charge on any atom is 0.673 e. The highest BCUT2D eigenvalue weighted by Crippen LogP contribution is 2.58. The average Bonchev–Trinajstić information content (AvgIpc) is 2.11. The molecule has 0 aromatic heterocycles. The fourth-order valence-electron chi connectivity index (χ4n) is 1.83. The van der Waals surface area contributed by atoms with Crippen molar-refractivity contribution in [3.63, 3.8) is 0 Å². The summed E-state index contributed by atoms with van der Waals surface area (Å²) in [5.74, 6) is 0.906. The van der Waals surface area contributed by atoms with Gasteiger partial charge < -0.3 is 17.3 Å². The van der Waals surface area contributed by atoms with E-state index in [0.717, 1.165) is 5.92 Å². The van der Waals surface area contributed by atoms with Crippen LogP contribution in [-0.4, -0.2) is 31.9 Å². The van der Waals surface area contributed by atoms with Crippen molar-refractivity contribution in [2.45, 2.75) is 34.6 Å². The molecule has 0 nitrogen and oxygen atoms in total. The standard InChI is InChI=1S/C10H24P.BF4/c1-6-11(7-2,8-3)9-10(4)5;2-1(3,4)5/h10H,6-9H2,1-5H3;/q+1;-1. The van der Waals surface area contributed by atoms with Crippen LogP contribution in [0.1, 0.15) is 34.6 Å². The summed E-state index contributed by atoms with van der Waals surface area (Å²) in [6.07, 6.45) is 5.88. The zero-order valence-corrected chi connectivity index (χ0v) is 11.8. The molecule has 0 heterocycles. The molecule has 100 valence electrons. The van der Waals surface area contributed by atoms with E-state index < -0.39 is 14.5 Å². The molecule has 0 N–H and O–H groups in total. The van der Waals surface area contributed by atoms with Crippen LogP contribution in [0.25, 0.3) is 0 Å². The largest absolute Gasteiger partial charge is 0.673 e. The minimum atomic E-state index is -6.00. The summed E-state index contributed by atoms with van der Waals surface area (Å²) in [5, 5.41) is 0. The topological polar surface area (TPSA) is 0 Å². The normalized spacial score (nSPS) is 12.4. The first-order valence-corrected chi connectivity index (χ1v) is 8.35. The van der Waals surface area contributed by atoms with Gasteiger partial charge in [0.25, 0.3) is 0 Å². The summed E-state index contributed by atoms with van der Waals surface area (Å²) in [5.41, 5.74) is 0. The Labute approximate surface area is 97.6 Å². The van der Waals surface area contributed by atoms with Crippen LogP contribution in [0.5, 0.6) is 0 Å². The van der Waals surface area contributed by atoms with Gasteiger partial charge in [0.05, 0.1) is 24.6 Å². The van der Waals surface area contributed by atoms with E-state index in [2.05, 4.69) is 34.6 Å².